The molecule has 2 N–H and O–H groups in total. The fourth-order valence-corrected chi connectivity index (χ4v) is 1.98. The zero-order valence-corrected chi connectivity index (χ0v) is 11.2. The first-order valence-electron chi connectivity index (χ1n) is 6.39. The van der Waals surface area contributed by atoms with Gasteiger partial charge in [0.15, 0.2) is 0 Å². The van der Waals surface area contributed by atoms with Crippen LogP contribution in [0.25, 0.3) is 0 Å². The summed E-state index contributed by atoms with van der Waals surface area (Å²) in [4.78, 5) is 36.4. The van der Waals surface area contributed by atoms with Crippen LogP contribution in [0.5, 0.6) is 0 Å². The number of hydrogen-bond donors (Lipinski definition) is 2. The van der Waals surface area contributed by atoms with Crippen LogP contribution in [-0.2, 0) is 14.4 Å². The number of carbonyl (C=O) groups is 3. The van der Waals surface area contributed by atoms with E-state index in [-0.39, 0.29) is 24.1 Å². The molecule has 0 bridgehead atoms. The van der Waals surface area contributed by atoms with Gasteiger partial charge < -0.3 is 5.32 Å². The number of imide groups is 1. The number of nitrogens with zero attached hydrogens (tertiary/aromatic N) is 1. The Hall–Kier alpha value is -1.43. The molecule has 1 aliphatic heterocycles. The Morgan fingerprint density at radius 3 is 2.67 bits per heavy atom. The van der Waals surface area contributed by atoms with Crippen LogP contribution in [0, 0.1) is 0 Å². The number of likely N-dealkylation sites (tertiary alicyclic amines) is 1. The van der Waals surface area contributed by atoms with Gasteiger partial charge in [-0.3, -0.25) is 24.6 Å². The zero-order valence-electron chi connectivity index (χ0n) is 11.2. The molecule has 0 aliphatic carbocycles. The second-order valence-electron chi connectivity index (χ2n) is 4.42. The van der Waals surface area contributed by atoms with Crippen molar-refractivity contribution in [2.75, 3.05) is 13.1 Å². The average molecular weight is 255 g/mol. The van der Waals surface area contributed by atoms with Crippen LogP contribution in [0.3, 0.4) is 0 Å². The van der Waals surface area contributed by atoms with Crippen LogP contribution in [-0.4, -0.2) is 47.8 Å². The van der Waals surface area contributed by atoms with Crippen LogP contribution in [0.15, 0.2) is 0 Å². The first kappa shape index (κ1) is 14.6. The van der Waals surface area contributed by atoms with Gasteiger partial charge in [0.1, 0.15) is 0 Å². The van der Waals surface area contributed by atoms with Crippen LogP contribution in [0.4, 0.5) is 0 Å². The Bertz CT molecular complexity index is 343. The van der Waals surface area contributed by atoms with Gasteiger partial charge in [-0.1, -0.05) is 6.92 Å². The Morgan fingerprint density at radius 2 is 2.11 bits per heavy atom. The molecule has 18 heavy (non-hydrogen) atoms. The van der Waals surface area contributed by atoms with E-state index in [4.69, 9.17) is 0 Å². The third kappa shape index (κ3) is 3.29. The summed E-state index contributed by atoms with van der Waals surface area (Å²) in [7, 11) is 0. The first-order chi connectivity index (χ1) is 8.51. The maximum absolute atomic E-state index is 11.9. The van der Waals surface area contributed by atoms with E-state index in [1.165, 1.54) is 4.90 Å². The highest BCUT2D eigenvalue weighted by atomic mass is 16.2. The molecule has 102 valence electrons. The molecule has 0 radical (unpaired) electrons. The second-order valence-corrected chi connectivity index (χ2v) is 4.42. The SMILES string of the molecule is CCCN1C(=O)CC(NC(C)C(=O)NCC)C1=O. The molecule has 2 atom stereocenters. The maximum Gasteiger partial charge on any atom is 0.246 e. The van der Waals surface area contributed by atoms with Crippen molar-refractivity contribution in [1.29, 1.82) is 0 Å². The van der Waals surface area contributed by atoms with E-state index in [0.29, 0.717) is 13.1 Å². The standard InChI is InChI=1S/C12H21N3O3/c1-4-6-15-10(16)7-9(12(15)18)14-8(3)11(17)13-5-2/h8-9,14H,4-7H2,1-3H3,(H,13,17). The van der Waals surface area contributed by atoms with Gasteiger partial charge in [0.2, 0.25) is 17.7 Å². The third-order valence-corrected chi connectivity index (χ3v) is 2.89. The molecular formula is C12H21N3O3. The molecule has 0 spiro atoms. The van der Waals surface area contributed by atoms with E-state index in [1.54, 1.807) is 6.92 Å². The lowest BCUT2D eigenvalue weighted by molar-refractivity contribution is -0.138. The van der Waals surface area contributed by atoms with Crippen LogP contribution < -0.4 is 10.6 Å². The van der Waals surface area contributed by atoms with Crippen molar-refractivity contribution in [3.8, 4) is 0 Å². The van der Waals surface area contributed by atoms with E-state index in [9.17, 15) is 14.4 Å². The van der Waals surface area contributed by atoms with Gasteiger partial charge in [-0.15, -0.1) is 0 Å². The minimum atomic E-state index is -0.568. The molecular weight excluding hydrogens is 234 g/mol. The minimum absolute atomic E-state index is 0.141. The molecule has 3 amide bonds. The highest BCUT2D eigenvalue weighted by Crippen LogP contribution is 2.13. The molecule has 0 aromatic rings. The molecule has 0 saturated carbocycles. The quantitative estimate of drug-likeness (QED) is 0.635. The number of carbonyl (C=O) groups excluding carboxylic acids is 3. The van der Waals surface area contributed by atoms with E-state index in [0.717, 1.165) is 6.42 Å². The van der Waals surface area contributed by atoms with E-state index in [2.05, 4.69) is 10.6 Å². The molecule has 2 unspecified atom stereocenters. The smallest absolute Gasteiger partial charge is 0.246 e. The van der Waals surface area contributed by atoms with Crippen LogP contribution in [0.2, 0.25) is 0 Å². The summed E-state index contributed by atoms with van der Waals surface area (Å²) in [6.45, 7) is 6.43. The number of likely N-dealkylation sites (N-methyl/N-ethyl adjacent to an activating group) is 1. The van der Waals surface area contributed by atoms with Crippen molar-refractivity contribution >= 4 is 17.7 Å². The van der Waals surface area contributed by atoms with Gasteiger partial charge in [-0.2, -0.15) is 0 Å². The maximum atomic E-state index is 11.9. The topological polar surface area (TPSA) is 78.5 Å². The summed E-state index contributed by atoms with van der Waals surface area (Å²) in [5, 5.41) is 5.58. The Kier molecular flexibility index (Phi) is 5.27. The third-order valence-electron chi connectivity index (χ3n) is 2.89. The van der Waals surface area contributed by atoms with Crippen molar-refractivity contribution in [2.45, 2.75) is 45.7 Å². The summed E-state index contributed by atoms with van der Waals surface area (Å²) in [6.07, 6.45) is 0.888. The second kappa shape index (κ2) is 6.49. The van der Waals surface area contributed by atoms with Gasteiger partial charge in [-0.25, -0.2) is 0 Å². The zero-order chi connectivity index (χ0) is 13.7. The number of nitrogens with one attached hydrogen (secondary N) is 2. The van der Waals surface area contributed by atoms with Gasteiger partial charge in [0.05, 0.1) is 18.5 Å². The first-order valence-corrected chi connectivity index (χ1v) is 6.39. The molecule has 6 heteroatoms. The number of hydrogen-bond acceptors (Lipinski definition) is 4. The molecule has 0 aromatic carbocycles. The number of amides is 3. The fourth-order valence-electron chi connectivity index (χ4n) is 1.98. The summed E-state index contributed by atoms with van der Waals surface area (Å²) < 4.78 is 0. The van der Waals surface area contributed by atoms with Crippen LogP contribution in [0.1, 0.15) is 33.6 Å². The molecule has 1 heterocycles. The van der Waals surface area contributed by atoms with Crippen molar-refractivity contribution < 1.29 is 14.4 Å². The van der Waals surface area contributed by atoms with Gasteiger partial charge in [0, 0.05) is 13.1 Å². The molecule has 1 fully saturated rings. The predicted molar refractivity (Wildman–Crippen MR) is 66.7 cm³/mol. The monoisotopic (exact) mass is 255 g/mol. The van der Waals surface area contributed by atoms with Crippen molar-refractivity contribution in [3.05, 3.63) is 0 Å². The predicted octanol–water partition coefficient (Wildman–Crippen LogP) is -0.362. The van der Waals surface area contributed by atoms with E-state index < -0.39 is 12.1 Å². The van der Waals surface area contributed by atoms with Crippen molar-refractivity contribution in [3.63, 3.8) is 0 Å². The van der Waals surface area contributed by atoms with Gasteiger partial charge in [-0.05, 0) is 20.3 Å². The lowest BCUT2D eigenvalue weighted by atomic mass is 10.2. The largest absolute Gasteiger partial charge is 0.355 e. The van der Waals surface area contributed by atoms with Crippen LogP contribution >= 0.6 is 0 Å². The fraction of sp³-hybridized carbons (Fsp3) is 0.750. The summed E-state index contributed by atoms with van der Waals surface area (Å²) in [5.41, 5.74) is 0. The lowest BCUT2D eigenvalue weighted by Gasteiger charge is -2.18. The minimum Gasteiger partial charge on any atom is -0.355 e. The van der Waals surface area contributed by atoms with Crippen molar-refractivity contribution in [2.24, 2.45) is 0 Å². The Labute approximate surface area is 107 Å². The summed E-state index contributed by atoms with van der Waals surface area (Å²) in [5.74, 6) is -0.549. The molecule has 1 saturated heterocycles. The van der Waals surface area contributed by atoms with Gasteiger partial charge >= 0.3 is 0 Å². The molecule has 1 aliphatic rings. The van der Waals surface area contributed by atoms with E-state index in [1.807, 2.05) is 13.8 Å². The Balaban J connectivity index is 2.56. The Morgan fingerprint density at radius 1 is 1.44 bits per heavy atom. The summed E-state index contributed by atoms with van der Waals surface area (Å²) >= 11 is 0. The van der Waals surface area contributed by atoms with Crippen molar-refractivity contribution in [1.82, 2.24) is 15.5 Å². The highest BCUT2D eigenvalue weighted by molar-refractivity contribution is 6.05. The number of rotatable bonds is 6. The molecule has 6 nitrogen and oxygen atoms in total. The highest BCUT2D eigenvalue weighted by Gasteiger charge is 2.38. The lowest BCUT2D eigenvalue weighted by Crippen LogP contribution is -2.49. The summed E-state index contributed by atoms with van der Waals surface area (Å²) in [6, 6.07) is -1.05. The van der Waals surface area contributed by atoms with E-state index >= 15 is 0 Å². The average Bonchev–Trinajstić information content (AvgIpc) is 2.57. The molecule has 0 aromatic heterocycles. The normalized spacial score (nSPS) is 21.3. The van der Waals surface area contributed by atoms with Gasteiger partial charge in [0.25, 0.3) is 0 Å². The molecule has 1 rings (SSSR count).